The summed E-state index contributed by atoms with van der Waals surface area (Å²) in [6.45, 7) is 2.03. The third-order valence-corrected chi connectivity index (χ3v) is 2.33. The van der Waals surface area contributed by atoms with Crippen LogP contribution in [0.2, 0.25) is 0 Å². The molecule has 0 heterocycles. The Morgan fingerprint density at radius 3 is 2.37 bits per heavy atom. The molecule has 0 bridgehead atoms. The number of hydrogen-bond acceptors (Lipinski definition) is 4. The van der Waals surface area contributed by atoms with Crippen molar-refractivity contribution in [3.63, 3.8) is 0 Å². The van der Waals surface area contributed by atoms with E-state index in [9.17, 15) is 9.59 Å². The molecule has 19 heavy (non-hydrogen) atoms. The maximum atomic E-state index is 10.7. The van der Waals surface area contributed by atoms with Gasteiger partial charge in [-0.1, -0.05) is 12.1 Å². The summed E-state index contributed by atoms with van der Waals surface area (Å²) >= 11 is 0. The van der Waals surface area contributed by atoms with Crippen LogP contribution < -0.4 is 4.74 Å². The Bertz CT molecular complexity index is 430. The number of nitrogens with zero attached hydrogens (tertiary/aromatic N) is 1. The van der Waals surface area contributed by atoms with Crippen LogP contribution in [-0.4, -0.2) is 46.7 Å². The maximum absolute atomic E-state index is 10.7. The van der Waals surface area contributed by atoms with E-state index >= 15 is 0 Å². The Kier molecular flexibility index (Phi) is 5.81. The van der Waals surface area contributed by atoms with Gasteiger partial charge in [-0.25, -0.2) is 0 Å². The van der Waals surface area contributed by atoms with Gasteiger partial charge in [0.15, 0.2) is 0 Å². The van der Waals surface area contributed by atoms with Gasteiger partial charge in [0.05, 0.1) is 19.7 Å². The highest BCUT2D eigenvalue weighted by molar-refractivity contribution is 5.72. The van der Waals surface area contributed by atoms with Crippen molar-refractivity contribution in [2.24, 2.45) is 0 Å². The predicted octanol–water partition coefficient (Wildman–Crippen LogP) is 1.06. The number of carbonyl (C=O) groups is 2. The number of carboxylic acids is 2. The molecular formula is C13H17NO5. The summed E-state index contributed by atoms with van der Waals surface area (Å²) < 4.78 is 5.34. The minimum Gasteiger partial charge on any atom is -0.494 e. The molecule has 0 aliphatic heterocycles. The summed E-state index contributed by atoms with van der Waals surface area (Å²) in [4.78, 5) is 22.7. The van der Waals surface area contributed by atoms with Crippen LogP contribution in [0.4, 0.5) is 0 Å². The topological polar surface area (TPSA) is 87.1 Å². The van der Waals surface area contributed by atoms with Gasteiger partial charge in [-0.3, -0.25) is 14.5 Å². The second kappa shape index (κ2) is 7.38. The Morgan fingerprint density at radius 1 is 1.21 bits per heavy atom. The van der Waals surface area contributed by atoms with Crippen molar-refractivity contribution in [3.05, 3.63) is 29.8 Å². The average Bonchev–Trinajstić information content (AvgIpc) is 2.27. The lowest BCUT2D eigenvalue weighted by Gasteiger charge is -2.18. The second-order valence-electron chi connectivity index (χ2n) is 4.01. The monoisotopic (exact) mass is 267 g/mol. The first-order valence-corrected chi connectivity index (χ1v) is 5.89. The smallest absolute Gasteiger partial charge is 0.317 e. The molecule has 104 valence electrons. The zero-order chi connectivity index (χ0) is 14.3. The fourth-order valence-electron chi connectivity index (χ4n) is 1.71. The molecular weight excluding hydrogens is 250 g/mol. The van der Waals surface area contributed by atoms with Crippen molar-refractivity contribution < 1.29 is 24.5 Å². The van der Waals surface area contributed by atoms with Crippen LogP contribution in [0, 0.1) is 0 Å². The van der Waals surface area contributed by atoms with Crippen molar-refractivity contribution >= 4 is 11.9 Å². The van der Waals surface area contributed by atoms with E-state index in [2.05, 4.69) is 0 Å². The van der Waals surface area contributed by atoms with Gasteiger partial charge in [-0.15, -0.1) is 0 Å². The van der Waals surface area contributed by atoms with E-state index < -0.39 is 11.9 Å². The van der Waals surface area contributed by atoms with Gasteiger partial charge < -0.3 is 14.9 Å². The fourth-order valence-corrected chi connectivity index (χ4v) is 1.71. The summed E-state index contributed by atoms with van der Waals surface area (Å²) in [7, 11) is 0. The van der Waals surface area contributed by atoms with Crippen LogP contribution in [-0.2, 0) is 16.1 Å². The highest BCUT2D eigenvalue weighted by atomic mass is 16.5. The zero-order valence-corrected chi connectivity index (χ0v) is 10.7. The number of hydrogen-bond donors (Lipinski definition) is 2. The van der Waals surface area contributed by atoms with Crippen molar-refractivity contribution in [3.8, 4) is 5.75 Å². The van der Waals surface area contributed by atoms with Crippen LogP contribution in [0.1, 0.15) is 12.5 Å². The largest absolute Gasteiger partial charge is 0.494 e. The molecule has 0 atom stereocenters. The van der Waals surface area contributed by atoms with Crippen LogP contribution >= 0.6 is 0 Å². The summed E-state index contributed by atoms with van der Waals surface area (Å²) in [6.07, 6.45) is 0. The Labute approximate surface area is 111 Å². The van der Waals surface area contributed by atoms with E-state index in [4.69, 9.17) is 14.9 Å². The number of benzene rings is 1. The Morgan fingerprint density at radius 2 is 1.84 bits per heavy atom. The van der Waals surface area contributed by atoms with Crippen LogP contribution in [0.5, 0.6) is 5.75 Å². The van der Waals surface area contributed by atoms with E-state index in [-0.39, 0.29) is 19.6 Å². The van der Waals surface area contributed by atoms with Gasteiger partial charge in [0.1, 0.15) is 5.75 Å². The van der Waals surface area contributed by atoms with Crippen LogP contribution in [0.25, 0.3) is 0 Å². The summed E-state index contributed by atoms with van der Waals surface area (Å²) in [5, 5.41) is 17.5. The predicted molar refractivity (Wildman–Crippen MR) is 68.2 cm³/mol. The molecule has 0 aliphatic carbocycles. The van der Waals surface area contributed by atoms with Gasteiger partial charge in [-0.2, -0.15) is 0 Å². The lowest BCUT2D eigenvalue weighted by Crippen LogP contribution is -2.33. The number of carboxylic acid groups (broad SMARTS) is 2. The van der Waals surface area contributed by atoms with Gasteiger partial charge >= 0.3 is 11.9 Å². The minimum atomic E-state index is -1.05. The highest BCUT2D eigenvalue weighted by Gasteiger charge is 2.14. The lowest BCUT2D eigenvalue weighted by atomic mass is 10.2. The maximum Gasteiger partial charge on any atom is 0.317 e. The summed E-state index contributed by atoms with van der Waals surface area (Å²) in [6, 6.07) is 7.17. The standard InChI is InChI=1S/C13H17NO5/c1-2-19-11-5-3-4-10(6-11)7-14(8-12(15)16)9-13(17)18/h3-6H,2,7-9H2,1H3,(H,15,16)(H,17,18). The van der Waals surface area contributed by atoms with Gasteiger partial charge in [0.2, 0.25) is 0 Å². The number of rotatable bonds is 8. The molecule has 0 saturated carbocycles. The third kappa shape index (κ3) is 5.87. The van der Waals surface area contributed by atoms with E-state index in [1.165, 1.54) is 4.90 Å². The van der Waals surface area contributed by atoms with Crippen molar-refractivity contribution in [2.45, 2.75) is 13.5 Å². The summed E-state index contributed by atoms with van der Waals surface area (Å²) in [5.74, 6) is -1.42. The van der Waals surface area contributed by atoms with E-state index in [0.717, 1.165) is 5.56 Å². The van der Waals surface area contributed by atoms with Gasteiger partial charge in [0.25, 0.3) is 0 Å². The van der Waals surface area contributed by atoms with Crippen LogP contribution in [0.3, 0.4) is 0 Å². The van der Waals surface area contributed by atoms with Crippen molar-refractivity contribution in [2.75, 3.05) is 19.7 Å². The normalized spacial score (nSPS) is 10.4. The Hall–Kier alpha value is -2.08. The van der Waals surface area contributed by atoms with Crippen molar-refractivity contribution in [1.29, 1.82) is 0 Å². The molecule has 1 aromatic carbocycles. The highest BCUT2D eigenvalue weighted by Crippen LogP contribution is 2.14. The van der Waals surface area contributed by atoms with Gasteiger partial charge in [-0.05, 0) is 24.6 Å². The molecule has 1 aromatic rings. The van der Waals surface area contributed by atoms with E-state index in [1.54, 1.807) is 24.3 Å². The lowest BCUT2D eigenvalue weighted by molar-refractivity contribution is -0.142. The van der Waals surface area contributed by atoms with E-state index in [0.29, 0.717) is 12.4 Å². The molecule has 0 spiro atoms. The average molecular weight is 267 g/mol. The first-order valence-electron chi connectivity index (χ1n) is 5.89. The zero-order valence-electron chi connectivity index (χ0n) is 10.7. The molecule has 1 rings (SSSR count). The van der Waals surface area contributed by atoms with E-state index in [1.807, 2.05) is 6.92 Å². The SMILES string of the molecule is CCOc1cccc(CN(CC(=O)O)CC(=O)O)c1. The Balaban J connectivity index is 2.73. The number of aliphatic carboxylic acids is 2. The molecule has 6 nitrogen and oxygen atoms in total. The molecule has 6 heteroatoms. The molecule has 0 fully saturated rings. The summed E-state index contributed by atoms with van der Waals surface area (Å²) in [5.41, 5.74) is 0.813. The molecule has 0 aromatic heterocycles. The molecule has 0 amide bonds. The molecule has 0 radical (unpaired) electrons. The molecule has 0 aliphatic rings. The third-order valence-electron chi connectivity index (χ3n) is 2.33. The molecule has 2 N–H and O–H groups in total. The quantitative estimate of drug-likeness (QED) is 0.732. The second-order valence-corrected chi connectivity index (χ2v) is 4.01. The molecule has 0 saturated heterocycles. The fraction of sp³-hybridized carbons (Fsp3) is 0.385. The minimum absolute atomic E-state index is 0.250. The first-order chi connectivity index (χ1) is 9.01. The molecule has 0 unspecified atom stereocenters. The first kappa shape index (κ1) is 15.0. The van der Waals surface area contributed by atoms with Crippen molar-refractivity contribution in [1.82, 2.24) is 4.90 Å². The van der Waals surface area contributed by atoms with Gasteiger partial charge in [0, 0.05) is 6.54 Å². The number of ether oxygens (including phenoxy) is 1. The van der Waals surface area contributed by atoms with Crippen LogP contribution in [0.15, 0.2) is 24.3 Å².